The van der Waals surface area contributed by atoms with E-state index in [1.165, 1.54) is 11.1 Å². The van der Waals surface area contributed by atoms with Crippen molar-refractivity contribution in [3.8, 4) is 11.5 Å². The molecule has 0 spiro atoms. The molecule has 0 aliphatic carbocycles. The van der Waals surface area contributed by atoms with Crippen LogP contribution in [0, 0.1) is 0 Å². The Balaban J connectivity index is 0.000000914. The monoisotopic (exact) mass is 450 g/mol. The normalized spacial score (nSPS) is 11.7. The molecule has 0 bridgehead atoms. The van der Waals surface area contributed by atoms with Crippen LogP contribution in [0.1, 0.15) is 40.9 Å². The zero-order valence-corrected chi connectivity index (χ0v) is 19.9. The van der Waals surface area contributed by atoms with E-state index < -0.39 is 0 Å². The van der Waals surface area contributed by atoms with E-state index in [1.54, 1.807) is 19.2 Å². The predicted octanol–water partition coefficient (Wildman–Crippen LogP) is 4.69. The largest absolute Gasteiger partial charge is 0.493 e. The third kappa shape index (κ3) is 6.49. The Labute approximate surface area is 196 Å². The standard InChI is InChI=1S/C24H24N2O3.C2H6.CH4O/c1-28-22-13-20(21(25)14-23(22)29-16-17-7-3-2-4-8-17)24(27)26-12-11-18-9-5-6-10-19(18)15-26;2*1-2/h2-10,13-14H,11-12,15-16,25H2,1H3;1-2H3;2H,1H3. The van der Waals surface area contributed by atoms with Crippen molar-refractivity contribution in [2.45, 2.75) is 33.4 Å². The summed E-state index contributed by atoms with van der Waals surface area (Å²) < 4.78 is 11.4. The van der Waals surface area contributed by atoms with Crippen molar-refractivity contribution in [3.63, 3.8) is 0 Å². The molecule has 0 aromatic heterocycles. The maximum atomic E-state index is 13.1. The number of fused-ring (bicyclic) bond motifs is 1. The first-order valence-corrected chi connectivity index (χ1v) is 11.1. The van der Waals surface area contributed by atoms with Crippen LogP contribution in [0.4, 0.5) is 5.69 Å². The van der Waals surface area contributed by atoms with Crippen LogP contribution in [-0.2, 0) is 19.6 Å². The molecular formula is C27H34N2O4. The summed E-state index contributed by atoms with van der Waals surface area (Å²) in [5.41, 5.74) is 10.6. The fourth-order valence-electron chi connectivity index (χ4n) is 3.61. The van der Waals surface area contributed by atoms with Gasteiger partial charge in [-0.25, -0.2) is 0 Å². The molecule has 1 aliphatic heterocycles. The lowest BCUT2D eigenvalue weighted by molar-refractivity contribution is 0.0735. The Hall–Kier alpha value is -3.51. The van der Waals surface area contributed by atoms with E-state index >= 15 is 0 Å². The summed E-state index contributed by atoms with van der Waals surface area (Å²) in [4.78, 5) is 15.0. The molecule has 1 heterocycles. The van der Waals surface area contributed by atoms with Gasteiger partial charge in [0.2, 0.25) is 0 Å². The van der Waals surface area contributed by atoms with E-state index in [0.29, 0.717) is 42.4 Å². The van der Waals surface area contributed by atoms with Gasteiger partial charge in [-0.3, -0.25) is 4.79 Å². The molecule has 0 unspecified atom stereocenters. The van der Waals surface area contributed by atoms with E-state index in [4.69, 9.17) is 20.3 Å². The number of aliphatic hydroxyl groups is 1. The second-order valence-electron chi connectivity index (χ2n) is 7.11. The summed E-state index contributed by atoms with van der Waals surface area (Å²) in [5, 5.41) is 7.00. The van der Waals surface area contributed by atoms with Gasteiger partial charge < -0.3 is 25.2 Å². The van der Waals surface area contributed by atoms with Gasteiger partial charge in [0.1, 0.15) is 6.61 Å². The number of ether oxygens (including phenoxy) is 2. The lowest BCUT2D eigenvalue weighted by atomic mass is 9.99. The molecule has 3 aromatic carbocycles. The van der Waals surface area contributed by atoms with Crippen molar-refractivity contribution < 1.29 is 19.4 Å². The molecule has 33 heavy (non-hydrogen) atoms. The lowest BCUT2D eigenvalue weighted by Gasteiger charge is -2.29. The van der Waals surface area contributed by atoms with Gasteiger partial charge in [-0.15, -0.1) is 0 Å². The first-order valence-electron chi connectivity index (χ1n) is 11.1. The lowest BCUT2D eigenvalue weighted by Crippen LogP contribution is -2.36. The molecule has 0 fully saturated rings. The van der Waals surface area contributed by atoms with Gasteiger partial charge >= 0.3 is 0 Å². The van der Waals surface area contributed by atoms with Crippen molar-refractivity contribution in [1.82, 2.24) is 4.90 Å². The highest BCUT2D eigenvalue weighted by Gasteiger charge is 2.24. The Bertz CT molecular complexity index is 1020. The quantitative estimate of drug-likeness (QED) is 0.551. The van der Waals surface area contributed by atoms with Crippen LogP contribution in [0.3, 0.4) is 0 Å². The van der Waals surface area contributed by atoms with Crippen molar-refractivity contribution >= 4 is 11.6 Å². The zero-order chi connectivity index (χ0) is 24.2. The number of rotatable bonds is 5. The van der Waals surface area contributed by atoms with Gasteiger partial charge in [-0.05, 0) is 29.2 Å². The zero-order valence-electron chi connectivity index (χ0n) is 19.9. The molecule has 1 amide bonds. The highest BCUT2D eigenvalue weighted by Crippen LogP contribution is 2.34. The molecule has 6 heteroatoms. The molecule has 6 nitrogen and oxygen atoms in total. The van der Waals surface area contributed by atoms with Gasteiger partial charge in [0, 0.05) is 32.0 Å². The highest BCUT2D eigenvalue weighted by molar-refractivity contribution is 6.00. The predicted molar refractivity (Wildman–Crippen MR) is 133 cm³/mol. The van der Waals surface area contributed by atoms with E-state index in [9.17, 15) is 4.79 Å². The van der Waals surface area contributed by atoms with E-state index in [-0.39, 0.29) is 5.91 Å². The Morgan fingerprint density at radius 3 is 2.27 bits per heavy atom. The number of nitrogens with two attached hydrogens (primary N) is 1. The van der Waals surface area contributed by atoms with Crippen molar-refractivity contribution in [3.05, 3.63) is 89.0 Å². The maximum absolute atomic E-state index is 13.1. The van der Waals surface area contributed by atoms with Crippen LogP contribution in [-0.4, -0.2) is 36.7 Å². The number of carbonyl (C=O) groups is 1. The minimum Gasteiger partial charge on any atom is -0.493 e. The van der Waals surface area contributed by atoms with Gasteiger partial charge in [-0.2, -0.15) is 0 Å². The van der Waals surface area contributed by atoms with Crippen LogP contribution >= 0.6 is 0 Å². The summed E-state index contributed by atoms with van der Waals surface area (Å²) in [6.45, 7) is 5.65. The number of aliphatic hydroxyl groups excluding tert-OH is 1. The SMILES string of the molecule is CC.CO.COc1cc(C(=O)N2CCc3ccccc3C2)c(N)cc1OCc1ccccc1. The summed E-state index contributed by atoms with van der Waals surface area (Å²) in [6.07, 6.45) is 0.844. The molecule has 176 valence electrons. The molecule has 4 rings (SSSR count). The Morgan fingerprint density at radius 2 is 1.61 bits per heavy atom. The van der Waals surface area contributed by atoms with Crippen molar-refractivity contribution in [1.29, 1.82) is 0 Å². The molecule has 1 aliphatic rings. The molecular weight excluding hydrogens is 416 g/mol. The number of anilines is 1. The molecule has 0 atom stereocenters. The topological polar surface area (TPSA) is 85.0 Å². The van der Waals surface area contributed by atoms with Gasteiger partial charge in [0.15, 0.2) is 11.5 Å². The number of carbonyl (C=O) groups excluding carboxylic acids is 1. The van der Waals surface area contributed by atoms with Gasteiger partial charge in [0.05, 0.1) is 12.7 Å². The second-order valence-corrected chi connectivity index (χ2v) is 7.11. The third-order valence-corrected chi connectivity index (χ3v) is 5.22. The number of nitrogen functional groups attached to an aromatic ring is 1. The average molecular weight is 451 g/mol. The smallest absolute Gasteiger partial charge is 0.256 e. The van der Waals surface area contributed by atoms with E-state index in [2.05, 4.69) is 12.1 Å². The first-order chi connectivity index (χ1) is 16.2. The maximum Gasteiger partial charge on any atom is 0.256 e. The Kier molecular flexibility index (Phi) is 10.2. The first kappa shape index (κ1) is 25.7. The minimum atomic E-state index is -0.0927. The second kappa shape index (κ2) is 13.1. The average Bonchev–Trinajstić information content (AvgIpc) is 2.89. The Morgan fingerprint density at radius 1 is 0.970 bits per heavy atom. The summed E-state index contributed by atoms with van der Waals surface area (Å²) in [5.74, 6) is 0.926. The van der Waals surface area contributed by atoms with Crippen LogP contribution in [0.25, 0.3) is 0 Å². The summed E-state index contributed by atoms with van der Waals surface area (Å²) in [7, 11) is 2.56. The van der Waals surface area contributed by atoms with Gasteiger partial charge in [-0.1, -0.05) is 68.4 Å². The molecule has 0 saturated carbocycles. The number of benzene rings is 3. The molecule has 3 aromatic rings. The van der Waals surface area contributed by atoms with Crippen LogP contribution in [0.2, 0.25) is 0 Å². The van der Waals surface area contributed by atoms with Crippen LogP contribution < -0.4 is 15.2 Å². The number of hydrogen-bond acceptors (Lipinski definition) is 5. The van der Waals surface area contributed by atoms with Crippen molar-refractivity contribution in [2.24, 2.45) is 0 Å². The van der Waals surface area contributed by atoms with Crippen molar-refractivity contribution in [2.75, 3.05) is 26.5 Å². The summed E-state index contributed by atoms with van der Waals surface area (Å²) >= 11 is 0. The fourth-order valence-corrected chi connectivity index (χ4v) is 3.61. The molecule has 3 N–H and O–H groups in total. The van der Waals surface area contributed by atoms with E-state index in [0.717, 1.165) is 19.1 Å². The number of hydrogen-bond donors (Lipinski definition) is 2. The van der Waals surface area contributed by atoms with E-state index in [1.807, 2.05) is 61.2 Å². The fraction of sp³-hybridized carbons (Fsp3) is 0.296. The van der Waals surface area contributed by atoms with Crippen LogP contribution in [0.15, 0.2) is 66.7 Å². The molecule has 0 radical (unpaired) electrons. The molecule has 0 saturated heterocycles. The highest BCUT2D eigenvalue weighted by atomic mass is 16.5. The minimum absolute atomic E-state index is 0.0927. The van der Waals surface area contributed by atoms with Crippen LogP contribution in [0.5, 0.6) is 11.5 Å². The number of nitrogens with zero attached hydrogens (tertiary/aromatic N) is 1. The third-order valence-electron chi connectivity index (χ3n) is 5.22. The summed E-state index contributed by atoms with van der Waals surface area (Å²) in [6, 6.07) is 21.4. The number of methoxy groups -OCH3 is 1. The van der Waals surface area contributed by atoms with Gasteiger partial charge in [0.25, 0.3) is 5.91 Å². The number of amides is 1.